The quantitative estimate of drug-likeness (QED) is 0.718. The summed E-state index contributed by atoms with van der Waals surface area (Å²) in [7, 11) is 0. The van der Waals surface area contributed by atoms with Crippen LogP contribution in [0.3, 0.4) is 0 Å². The molecule has 1 aliphatic rings. The van der Waals surface area contributed by atoms with Crippen LogP contribution < -0.4 is 0 Å². The number of halogens is 1. The molecule has 0 radical (unpaired) electrons. The molecule has 1 aromatic carbocycles. The third kappa shape index (κ3) is 2.20. The number of nitrogens with zero attached hydrogens (tertiary/aromatic N) is 1. The molecule has 1 atom stereocenters. The molecule has 0 N–H and O–H groups in total. The van der Waals surface area contributed by atoms with Gasteiger partial charge in [0.2, 0.25) is 0 Å². The Balaban J connectivity index is 2.24. The lowest BCUT2D eigenvalue weighted by Gasteiger charge is -2.35. The highest BCUT2D eigenvalue weighted by atomic mass is 19.1. The molecule has 15 heavy (non-hydrogen) atoms. The van der Waals surface area contributed by atoms with Crippen LogP contribution in [0.5, 0.6) is 0 Å². The SMILES string of the molecule is CCN1CCCCC1c1ccccc1F. The molecule has 1 aromatic rings. The summed E-state index contributed by atoms with van der Waals surface area (Å²) >= 11 is 0. The second-order valence-corrected chi connectivity index (χ2v) is 4.16. The maximum atomic E-state index is 13.7. The molecule has 0 saturated carbocycles. The first-order valence-electron chi connectivity index (χ1n) is 5.81. The van der Waals surface area contributed by atoms with Crippen molar-refractivity contribution in [3.63, 3.8) is 0 Å². The van der Waals surface area contributed by atoms with Crippen molar-refractivity contribution >= 4 is 0 Å². The molecule has 1 aliphatic heterocycles. The minimum atomic E-state index is -0.0529. The van der Waals surface area contributed by atoms with Crippen molar-refractivity contribution in [1.29, 1.82) is 0 Å². The van der Waals surface area contributed by atoms with E-state index in [2.05, 4.69) is 11.8 Å². The highest BCUT2D eigenvalue weighted by molar-refractivity contribution is 5.21. The van der Waals surface area contributed by atoms with Gasteiger partial charge in [-0.05, 0) is 32.0 Å². The number of benzene rings is 1. The lowest BCUT2D eigenvalue weighted by Crippen LogP contribution is -2.33. The third-order valence-corrected chi connectivity index (χ3v) is 3.28. The second kappa shape index (κ2) is 4.75. The van der Waals surface area contributed by atoms with Crippen LogP contribution in [0.15, 0.2) is 24.3 Å². The highest BCUT2D eigenvalue weighted by Gasteiger charge is 2.24. The minimum absolute atomic E-state index is 0.0529. The van der Waals surface area contributed by atoms with E-state index in [1.165, 1.54) is 12.8 Å². The van der Waals surface area contributed by atoms with Crippen molar-refractivity contribution in [3.05, 3.63) is 35.6 Å². The fourth-order valence-corrected chi connectivity index (χ4v) is 2.47. The summed E-state index contributed by atoms with van der Waals surface area (Å²) in [5, 5.41) is 0. The lowest BCUT2D eigenvalue weighted by molar-refractivity contribution is 0.154. The number of hydrogen-bond donors (Lipinski definition) is 0. The first-order valence-corrected chi connectivity index (χ1v) is 5.81. The van der Waals surface area contributed by atoms with E-state index in [-0.39, 0.29) is 5.82 Å². The summed E-state index contributed by atoms with van der Waals surface area (Å²) in [5.74, 6) is -0.0529. The van der Waals surface area contributed by atoms with Crippen molar-refractivity contribution in [2.75, 3.05) is 13.1 Å². The van der Waals surface area contributed by atoms with Gasteiger partial charge in [0.05, 0.1) is 0 Å². The largest absolute Gasteiger partial charge is 0.297 e. The van der Waals surface area contributed by atoms with E-state index >= 15 is 0 Å². The fourth-order valence-electron chi connectivity index (χ4n) is 2.47. The number of piperidine rings is 1. The van der Waals surface area contributed by atoms with Gasteiger partial charge in [0, 0.05) is 11.6 Å². The number of likely N-dealkylation sites (tertiary alicyclic amines) is 1. The Morgan fingerprint density at radius 3 is 2.87 bits per heavy atom. The summed E-state index contributed by atoms with van der Waals surface area (Å²) in [6.45, 7) is 4.27. The van der Waals surface area contributed by atoms with Gasteiger partial charge < -0.3 is 0 Å². The van der Waals surface area contributed by atoms with E-state index in [4.69, 9.17) is 0 Å². The summed E-state index contributed by atoms with van der Waals surface area (Å²) in [5.41, 5.74) is 0.874. The van der Waals surface area contributed by atoms with Crippen LogP contribution in [-0.2, 0) is 0 Å². The average Bonchev–Trinajstić information content (AvgIpc) is 2.30. The molecule has 2 heteroatoms. The first kappa shape index (κ1) is 10.6. The molecular formula is C13H18FN. The summed E-state index contributed by atoms with van der Waals surface area (Å²) in [4.78, 5) is 2.38. The van der Waals surface area contributed by atoms with Crippen LogP contribution in [0.25, 0.3) is 0 Å². The molecule has 0 aliphatic carbocycles. The summed E-state index contributed by atoms with van der Waals surface area (Å²) in [6.07, 6.45) is 3.56. The maximum Gasteiger partial charge on any atom is 0.127 e. The van der Waals surface area contributed by atoms with Gasteiger partial charge in [-0.15, -0.1) is 0 Å². The first-order chi connectivity index (χ1) is 7.33. The van der Waals surface area contributed by atoms with E-state index < -0.39 is 0 Å². The molecular weight excluding hydrogens is 189 g/mol. The molecule has 0 bridgehead atoms. The van der Waals surface area contributed by atoms with Crippen LogP contribution in [-0.4, -0.2) is 18.0 Å². The van der Waals surface area contributed by atoms with E-state index in [0.717, 1.165) is 25.1 Å². The number of rotatable bonds is 2. The van der Waals surface area contributed by atoms with Crippen LogP contribution in [0, 0.1) is 5.82 Å². The van der Waals surface area contributed by atoms with Crippen molar-refractivity contribution in [2.24, 2.45) is 0 Å². The molecule has 1 unspecified atom stereocenters. The predicted octanol–water partition coefficient (Wildman–Crippen LogP) is 3.37. The standard InChI is InChI=1S/C13H18FN/c1-2-15-10-6-5-9-13(15)11-7-3-4-8-12(11)14/h3-4,7-8,13H,2,5-6,9-10H2,1H3. The minimum Gasteiger partial charge on any atom is -0.297 e. The average molecular weight is 207 g/mol. The van der Waals surface area contributed by atoms with Crippen LogP contribution in [0.4, 0.5) is 4.39 Å². The third-order valence-electron chi connectivity index (χ3n) is 3.28. The molecule has 1 heterocycles. The zero-order valence-electron chi connectivity index (χ0n) is 9.25. The molecule has 2 rings (SSSR count). The summed E-state index contributed by atoms with van der Waals surface area (Å²) in [6, 6.07) is 7.48. The smallest absolute Gasteiger partial charge is 0.127 e. The van der Waals surface area contributed by atoms with Gasteiger partial charge in [-0.3, -0.25) is 4.90 Å². The number of hydrogen-bond acceptors (Lipinski definition) is 1. The van der Waals surface area contributed by atoms with Crippen LogP contribution >= 0.6 is 0 Å². The molecule has 82 valence electrons. The zero-order valence-corrected chi connectivity index (χ0v) is 9.25. The van der Waals surface area contributed by atoms with Crippen molar-refractivity contribution in [2.45, 2.75) is 32.2 Å². The highest BCUT2D eigenvalue weighted by Crippen LogP contribution is 2.31. The lowest BCUT2D eigenvalue weighted by atomic mass is 9.95. The molecule has 1 fully saturated rings. The van der Waals surface area contributed by atoms with Crippen LogP contribution in [0.2, 0.25) is 0 Å². The monoisotopic (exact) mass is 207 g/mol. The Morgan fingerprint density at radius 1 is 1.33 bits per heavy atom. The second-order valence-electron chi connectivity index (χ2n) is 4.16. The van der Waals surface area contributed by atoms with E-state index in [0.29, 0.717) is 6.04 Å². The molecule has 0 amide bonds. The topological polar surface area (TPSA) is 3.24 Å². The van der Waals surface area contributed by atoms with Gasteiger partial charge in [0.1, 0.15) is 5.82 Å². The van der Waals surface area contributed by atoms with Gasteiger partial charge in [-0.2, -0.15) is 0 Å². The van der Waals surface area contributed by atoms with Gasteiger partial charge in [-0.25, -0.2) is 4.39 Å². The van der Waals surface area contributed by atoms with Gasteiger partial charge >= 0.3 is 0 Å². The Labute approximate surface area is 90.9 Å². The van der Waals surface area contributed by atoms with Crippen molar-refractivity contribution in [3.8, 4) is 0 Å². The molecule has 0 aromatic heterocycles. The van der Waals surface area contributed by atoms with E-state index in [1.807, 2.05) is 12.1 Å². The van der Waals surface area contributed by atoms with Crippen molar-refractivity contribution in [1.82, 2.24) is 4.90 Å². The van der Waals surface area contributed by atoms with Crippen molar-refractivity contribution < 1.29 is 4.39 Å². The van der Waals surface area contributed by atoms with E-state index in [9.17, 15) is 4.39 Å². The molecule has 1 saturated heterocycles. The van der Waals surface area contributed by atoms with Gasteiger partial charge in [0.25, 0.3) is 0 Å². The van der Waals surface area contributed by atoms with Crippen LogP contribution in [0.1, 0.15) is 37.8 Å². The fraction of sp³-hybridized carbons (Fsp3) is 0.538. The normalized spacial score (nSPS) is 22.9. The Morgan fingerprint density at radius 2 is 2.13 bits per heavy atom. The van der Waals surface area contributed by atoms with Gasteiger partial charge in [-0.1, -0.05) is 31.5 Å². The Kier molecular flexibility index (Phi) is 3.37. The zero-order chi connectivity index (χ0) is 10.7. The van der Waals surface area contributed by atoms with E-state index in [1.54, 1.807) is 12.1 Å². The predicted molar refractivity (Wildman–Crippen MR) is 60.2 cm³/mol. The molecule has 1 nitrogen and oxygen atoms in total. The molecule has 0 spiro atoms. The van der Waals surface area contributed by atoms with Gasteiger partial charge in [0.15, 0.2) is 0 Å². The maximum absolute atomic E-state index is 13.7. The Bertz CT molecular complexity index is 324. The summed E-state index contributed by atoms with van der Waals surface area (Å²) < 4.78 is 13.7. The Hall–Kier alpha value is -0.890.